The molecule has 1 aromatic carbocycles. The van der Waals surface area contributed by atoms with Gasteiger partial charge in [0.05, 0.1) is 12.7 Å². The Labute approximate surface area is 178 Å². The molecule has 0 saturated carbocycles. The number of piperidine rings is 1. The van der Waals surface area contributed by atoms with Gasteiger partial charge in [-0.2, -0.15) is 0 Å². The molecule has 2 aliphatic heterocycles. The van der Waals surface area contributed by atoms with Crippen LogP contribution >= 0.6 is 24.0 Å². The maximum atomic E-state index is 6.04. The Bertz CT molecular complexity index is 723. The van der Waals surface area contributed by atoms with Gasteiger partial charge in [0.2, 0.25) is 5.95 Å². The van der Waals surface area contributed by atoms with E-state index in [0.717, 1.165) is 56.5 Å². The number of halogens is 2. The molecular weight excluding hydrogens is 395 g/mol. The summed E-state index contributed by atoms with van der Waals surface area (Å²) in [5, 5.41) is 0.791. The van der Waals surface area contributed by atoms with E-state index in [1.165, 1.54) is 5.56 Å². The molecule has 7 heteroatoms. The highest BCUT2D eigenvalue weighted by atomic mass is 35.5. The van der Waals surface area contributed by atoms with Crippen LogP contribution in [0.4, 0.5) is 5.95 Å². The third-order valence-corrected chi connectivity index (χ3v) is 5.92. The number of ether oxygens (including phenoxy) is 1. The number of hydrogen-bond donors (Lipinski definition) is 0. The van der Waals surface area contributed by atoms with Crippen LogP contribution in [0.3, 0.4) is 0 Å². The second-order valence-electron chi connectivity index (χ2n) is 7.59. The van der Waals surface area contributed by atoms with E-state index in [4.69, 9.17) is 16.3 Å². The summed E-state index contributed by atoms with van der Waals surface area (Å²) in [7, 11) is 0. The van der Waals surface area contributed by atoms with E-state index >= 15 is 0 Å². The van der Waals surface area contributed by atoms with Gasteiger partial charge in [-0.05, 0) is 49.9 Å². The molecule has 4 rings (SSSR count). The van der Waals surface area contributed by atoms with Gasteiger partial charge in [0.25, 0.3) is 0 Å². The number of nitrogens with zero attached hydrogens (tertiary/aromatic N) is 4. The van der Waals surface area contributed by atoms with E-state index in [1.54, 1.807) is 0 Å². The molecule has 0 unspecified atom stereocenters. The molecule has 0 radical (unpaired) electrons. The van der Waals surface area contributed by atoms with Crippen molar-refractivity contribution in [3.63, 3.8) is 0 Å². The van der Waals surface area contributed by atoms with Crippen LogP contribution in [0.15, 0.2) is 42.7 Å². The molecule has 1 aromatic heterocycles. The number of anilines is 1. The summed E-state index contributed by atoms with van der Waals surface area (Å²) in [5.74, 6) is 0.851. The van der Waals surface area contributed by atoms with Crippen molar-refractivity contribution in [2.24, 2.45) is 0 Å². The number of benzene rings is 1. The zero-order valence-corrected chi connectivity index (χ0v) is 17.8. The highest BCUT2D eigenvalue weighted by Crippen LogP contribution is 2.26. The van der Waals surface area contributed by atoms with E-state index in [0.29, 0.717) is 18.2 Å². The van der Waals surface area contributed by atoms with Gasteiger partial charge in [0.1, 0.15) is 0 Å². The first-order valence-electron chi connectivity index (χ1n) is 9.83. The summed E-state index contributed by atoms with van der Waals surface area (Å²) in [6.07, 6.45) is 7.22. The van der Waals surface area contributed by atoms with Gasteiger partial charge in [-0.3, -0.25) is 4.90 Å². The van der Waals surface area contributed by atoms with Gasteiger partial charge in [-0.15, -0.1) is 12.4 Å². The van der Waals surface area contributed by atoms with Crippen LogP contribution in [0.2, 0.25) is 5.02 Å². The van der Waals surface area contributed by atoms with Gasteiger partial charge in [0.15, 0.2) is 0 Å². The maximum Gasteiger partial charge on any atom is 0.225 e. The lowest BCUT2D eigenvalue weighted by atomic mass is 9.96. The Morgan fingerprint density at radius 3 is 2.46 bits per heavy atom. The lowest BCUT2D eigenvalue weighted by molar-refractivity contribution is -0.0745. The second-order valence-corrected chi connectivity index (χ2v) is 8.03. The van der Waals surface area contributed by atoms with Crippen molar-refractivity contribution < 1.29 is 4.74 Å². The first-order valence-corrected chi connectivity index (χ1v) is 10.2. The normalized spacial score (nSPS) is 24.0. The van der Waals surface area contributed by atoms with Crippen LogP contribution in [0.5, 0.6) is 0 Å². The van der Waals surface area contributed by atoms with Crippen molar-refractivity contribution in [1.29, 1.82) is 0 Å². The van der Waals surface area contributed by atoms with E-state index in [-0.39, 0.29) is 12.4 Å². The van der Waals surface area contributed by atoms with Crippen molar-refractivity contribution in [2.75, 3.05) is 31.1 Å². The van der Waals surface area contributed by atoms with Gasteiger partial charge < -0.3 is 9.64 Å². The van der Waals surface area contributed by atoms with Crippen molar-refractivity contribution in [1.82, 2.24) is 14.9 Å². The molecule has 2 atom stereocenters. The van der Waals surface area contributed by atoms with Crippen molar-refractivity contribution in [3.05, 3.63) is 53.3 Å². The molecule has 0 bridgehead atoms. The number of rotatable bonds is 4. The van der Waals surface area contributed by atoms with E-state index < -0.39 is 0 Å². The fourth-order valence-corrected chi connectivity index (χ4v) is 4.36. The zero-order valence-electron chi connectivity index (χ0n) is 16.2. The Kier molecular flexibility index (Phi) is 7.52. The summed E-state index contributed by atoms with van der Waals surface area (Å²) >= 11 is 6.04. The Balaban J connectivity index is 0.00000225. The average Bonchev–Trinajstić information content (AvgIpc) is 2.72. The Morgan fingerprint density at radius 2 is 1.79 bits per heavy atom. The van der Waals surface area contributed by atoms with E-state index in [2.05, 4.69) is 38.8 Å². The minimum absolute atomic E-state index is 0. The van der Waals surface area contributed by atoms with Gasteiger partial charge in [0, 0.05) is 49.1 Å². The fourth-order valence-electron chi connectivity index (χ4n) is 4.24. The first kappa shape index (κ1) is 21.3. The van der Waals surface area contributed by atoms with Crippen LogP contribution in [0, 0.1) is 0 Å². The molecule has 28 heavy (non-hydrogen) atoms. The predicted octanol–water partition coefficient (Wildman–Crippen LogP) is 3.85. The molecule has 0 amide bonds. The van der Waals surface area contributed by atoms with Crippen LogP contribution in [-0.4, -0.2) is 59.3 Å². The molecule has 3 heterocycles. The summed E-state index contributed by atoms with van der Waals surface area (Å²) < 4.78 is 6.00. The highest BCUT2D eigenvalue weighted by molar-refractivity contribution is 6.30. The second kappa shape index (κ2) is 9.88. The van der Waals surface area contributed by atoms with Crippen LogP contribution < -0.4 is 4.90 Å². The van der Waals surface area contributed by atoms with E-state index in [1.807, 2.05) is 30.6 Å². The Hall–Kier alpha value is -1.40. The minimum atomic E-state index is 0. The third kappa shape index (κ3) is 5.15. The molecule has 0 spiro atoms. The fraction of sp³-hybridized carbons (Fsp3) is 0.524. The first-order chi connectivity index (χ1) is 13.2. The summed E-state index contributed by atoms with van der Waals surface area (Å²) in [6.45, 7) is 6.00. The quantitative estimate of drug-likeness (QED) is 0.747. The molecule has 2 fully saturated rings. The van der Waals surface area contributed by atoms with Gasteiger partial charge >= 0.3 is 0 Å². The number of aromatic nitrogens is 2. The Morgan fingerprint density at radius 1 is 1.11 bits per heavy atom. The largest absolute Gasteiger partial charge is 0.376 e. The zero-order chi connectivity index (χ0) is 18.6. The molecule has 152 valence electrons. The molecule has 2 aromatic rings. The van der Waals surface area contributed by atoms with E-state index in [9.17, 15) is 0 Å². The van der Waals surface area contributed by atoms with Crippen molar-refractivity contribution in [2.45, 2.75) is 44.4 Å². The summed E-state index contributed by atoms with van der Waals surface area (Å²) in [6, 6.07) is 11.1. The lowest BCUT2D eigenvalue weighted by Crippen LogP contribution is -2.56. The molecule has 2 aliphatic rings. The number of hydrogen-bond acceptors (Lipinski definition) is 5. The minimum Gasteiger partial charge on any atom is -0.376 e. The standard InChI is InChI=1S/C21H27ClN4O.ClH/c1-16-14-26(20(15-27-16)13-17-3-5-18(22)6-4-17)19-7-11-25(12-8-19)21-23-9-2-10-24-21;/h2-6,9-10,16,19-20H,7-8,11-15H2,1H3;1H/t16-,20-;/m0./s1. The van der Waals surface area contributed by atoms with Gasteiger partial charge in [-0.1, -0.05) is 23.7 Å². The lowest BCUT2D eigenvalue weighted by Gasteiger charge is -2.46. The molecule has 2 saturated heterocycles. The summed E-state index contributed by atoms with van der Waals surface area (Å²) in [5.41, 5.74) is 1.32. The number of morpholine rings is 1. The molecular formula is C21H28Cl2N4O. The monoisotopic (exact) mass is 422 g/mol. The third-order valence-electron chi connectivity index (χ3n) is 5.66. The SMILES string of the molecule is C[C@H]1CN(C2CCN(c3ncccn3)CC2)[C@@H](Cc2ccc(Cl)cc2)CO1.Cl. The maximum absolute atomic E-state index is 6.04. The van der Waals surface area contributed by atoms with Crippen molar-refractivity contribution in [3.8, 4) is 0 Å². The summed E-state index contributed by atoms with van der Waals surface area (Å²) in [4.78, 5) is 13.8. The topological polar surface area (TPSA) is 41.5 Å². The smallest absolute Gasteiger partial charge is 0.225 e. The molecule has 0 N–H and O–H groups in total. The molecule has 5 nitrogen and oxygen atoms in total. The molecule has 0 aliphatic carbocycles. The van der Waals surface area contributed by atoms with Crippen LogP contribution in [0.1, 0.15) is 25.3 Å². The van der Waals surface area contributed by atoms with Crippen LogP contribution in [-0.2, 0) is 11.2 Å². The van der Waals surface area contributed by atoms with Crippen molar-refractivity contribution >= 4 is 30.0 Å². The predicted molar refractivity (Wildman–Crippen MR) is 116 cm³/mol. The average molecular weight is 423 g/mol. The van der Waals surface area contributed by atoms with Crippen LogP contribution in [0.25, 0.3) is 0 Å². The van der Waals surface area contributed by atoms with Gasteiger partial charge in [-0.25, -0.2) is 9.97 Å². The highest BCUT2D eigenvalue weighted by Gasteiger charge is 2.34.